The average Bonchev–Trinajstić information content (AvgIpc) is 2.32. The lowest BCUT2D eigenvalue weighted by molar-refractivity contribution is 0.356. The smallest absolute Gasteiger partial charge is 0.226 e. The van der Waals surface area contributed by atoms with Gasteiger partial charge in [-0.1, -0.05) is 32.9 Å². The number of aryl methyl sites for hydroxylation is 1. The second-order valence-corrected chi connectivity index (χ2v) is 4.20. The van der Waals surface area contributed by atoms with E-state index >= 15 is 0 Å². The van der Waals surface area contributed by atoms with Crippen molar-refractivity contribution in [2.75, 3.05) is 0 Å². The fraction of sp³-hybridized carbons (Fsp3) is 0.778. The van der Waals surface area contributed by atoms with Crippen LogP contribution in [0.25, 0.3) is 0 Å². The quantitative estimate of drug-likeness (QED) is 0.679. The summed E-state index contributed by atoms with van der Waals surface area (Å²) in [5.74, 6) is 1.55. The Morgan fingerprint density at radius 3 is 2.42 bits per heavy atom. The predicted molar refractivity (Wildman–Crippen MR) is 46.8 cm³/mol. The van der Waals surface area contributed by atoms with Crippen LogP contribution in [-0.2, 0) is 12.8 Å². The van der Waals surface area contributed by atoms with Crippen LogP contribution in [0.1, 0.15) is 39.4 Å². The van der Waals surface area contributed by atoms with Gasteiger partial charge in [0.2, 0.25) is 5.89 Å². The molecule has 1 aromatic heterocycles. The van der Waals surface area contributed by atoms with Crippen LogP contribution in [0, 0.1) is 5.41 Å². The van der Waals surface area contributed by atoms with E-state index in [9.17, 15) is 0 Å². The molecule has 3 nitrogen and oxygen atoms in total. The van der Waals surface area contributed by atoms with Crippen molar-refractivity contribution in [3.63, 3.8) is 0 Å². The number of hydrogen-bond donors (Lipinski definition) is 0. The SMILES string of the molecule is CCc1nc(CC(C)(C)C)no1. The molecule has 0 spiro atoms. The second kappa shape index (κ2) is 3.25. The van der Waals surface area contributed by atoms with E-state index in [2.05, 4.69) is 30.9 Å². The summed E-state index contributed by atoms with van der Waals surface area (Å²) >= 11 is 0. The van der Waals surface area contributed by atoms with Crippen LogP contribution < -0.4 is 0 Å². The summed E-state index contributed by atoms with van der Waals surface area (Å²) in [6.45, 7) is 8.49. The maximum atomic E-state index is 5.00. The maximum absolute atomic E-state index is 5.00. The van der Waals surface area contributed by atoms with Crippen LogP contribution in [0.15, 0.2) is 4.52 Å². The number of aromatic nitrogens is 2. The van der Waals surface area contributed by atoms with E-state index in [0.29, 0.717) is 0 Å². The van der Waals surface area contributed by atoms with E-state index in [1.54, 1.807) is 0 Å². The molecular formula is C9H16N2O. The lowest BCUT2D eigenvalue weighted by Crippen LogP contribution is -2.10. The molecule has 0 atom stereocenters. The minimum atomic E-state index is 0.231. The highest BCUT2D eigenvalue weighted by atomic mass is 16.5. The van der Waals surface area contributed by atoms with Crippen LogP contribution >= 0.6 is 0 Å². The van der Waals surface area contributed by atoms with E-state index in [4.69, 9.17) is 4.52 Å². The summed E-state index contributed by atoms with van der Waals surface area (Å²) in [4.78, 5) is 4.24. The molecular weight excluding hydrogens is 152 g/mol. The van der Waals surface area contributed by atoms with Gasteiger partial charge in [-0.2, -0.15) is 4.98 Å². The summed E-state index contributed by atoms with van der Waals surface area (Å²) < 4.78 is 5.00. The van der Waals surface area contributed by atoms with Gasteiger partial charge in [-0.3, -0.25) is 0 Å². The van der Waals surface area contributed by atoms with Crippen molar-refractivity contribution in [2.45, 2.75) is 40.5 Å². The molecule has 0 saturated carbocycles. The van der Waals surface area contributed by atoms with Crippen molar-refractivity contribution >= 4 is 0 Å². The summed E-state index contributed by atoms with van der Waals surface area (Å²) in [5, 5.41) is 3.89. The Morgan fingerprint density at radius 2 is 2.00 bits per heavy atom. The van der Waals surface area contributed by atoms with Crippen LogP contribution in [0.5, 0.6) is 0 Å². The van der Waals surface area contributed by atoms with Crippen LogP contribution in [0.2, 0.25) is 0 Å². The van der Waals surface area contributed by atoms with Crippen molar-refractivity contribution in [1.82, 2.24) is 10.1 Å². The van der Waals surface area contributed by atoms with Crippen LogP contribution in [0.3, 0.4) is 0 Å². The maximum Gasteiger partial charge on any atom is 0.226 e. The van der Waals surface area contributed by atoms with Gasteiger partial charge < -0.3 is 4.52 Å². The first-order valence-electron chi connectivity index (χ1n) is 4.33. The highest BCUT2D eigenvalue weighted by Crippen LogP contribution is 2.18. The molecule has 0 aliphatic rings. The van der Waals surface area contributed by atoms with Gasteiger partial charge in [0.1, 0.15) is 0 Å². The molecule has 12 heavy (non-hydrogen) atoms. The number of nitrogens with zero attached hydrogens (tertiary/aromatic N) is 2. The Morgan fingerprint density at radius 1 is 1.33 bits per heavy atom. The third-order valence-corrected chi connectivity index (χ3v) is 1.50. The van der Waals surface area contributed by atoms with E-state index < -0.39 is 0 Å². The van der Waals surface area contributed by atoms with Gasteiger partial charge in [-0.25, -0.2) is 0 Å². The Hall–Kier alpha value is -0.860. The van der Waals surface area contributed by atoms with Crippen LogP contribution in [-0.4, -0.2) is 10.1 Å². The molecule has 0 saturated heterocycles. The first-order valence-corrected chi connectivity index (χ1v) is 4.33. The highest BCUT2D eigenvalue weighted by Gasteiger charge is 2.15. The van der Waals surface area contributed by atoms with E-state index in [0.717, 1.165) is 24.6 Å². The normalized spacial score (nSPS) is 12.0. The van der Waals surface area contributed by atoms with Gasteiger partial charge in [0.05, 0.1) is 0 Å². The summed E-state index contributed by atoms with van der Waals surface area (Å²) in [7, 11) is 0. The monoisotopic (exact) mass is 168 g/mol. The van der Waals surface area contributed by atoms with E-state index in [1.165, 1.54) is 0 Å². The Kier molecular flexibility index (Phi) is 2.50. The molecule has 0 fully saturated rings. The van der Waals surface area contributed by atoms with Gasteiger partial charge in [-0.15, -0.1) is 0 Å². The predicted octanol–water partition coefficient (Wildman–Crippen LogP) is 2.22. The van der Waals surface area contributed by atoms with Crippen molar-refractivity contribution < 1.29 is 4.52 Å². The zero-order chi connectivity index (χ0) is 9.19. The first-order chi connectivity index (χ1) is 5.51. The molecule has 0 radical (unpaired) electrons. The van der Waals surface area contributed by atoms with Gasteiger partial charge in [0, 0.05) is 12.8 Å². The van der Waals surface area contributed by atoms with E-state index in [-0.39, 0.29) is 5.41 Å². The Balaban J connectivity index is 2.64. The van der Waals surface area contributed by atoms with Crippen molar-refractivity contribution in [1.29, 1.82) is 0 Å². The van der Waals surface area contributed by atoms with E-state index in [1.807, 2.05) is 6.92 Å². The molecule has 1 heterocycles. The topological polar surface area (TPSA) is 38.9 Å². The summed E-state index contributed by atoms with van der Waals surface area (Å²) in [6.07, 6.45) is 1.69. The summed E-state index contributed by atoms with van der Waals surface area (Å²) in [5.41, 5.74) is 0.231. The fourth-order valence-corrected chi connectivity index (χ4v) is 0.980. The third kappa shape index (κ3) is 2.64. The van der Waals surface area contributed by atoms with Gasteiger partial charge in [-0.05, 0) is 5.41 Å². The number of hydrogen-bond acceptors (Lipinski definition) is 3. The molecule has 0 bridgehead atoms. The third-order valence-electron chi connectivity index (χ3n) is 1.50. The van der Waals surface area contributed by atoms with Crippen molar-refractivity contribution in [2.24, 2.45) is 5.41 Å². The van der Waals surface area contributed by atoms with Gasteiger partial charge in [0.25, 0.3) is 0 Å². The molecule has 0 aliphatic heterocycles. The van der Waals surface area contributed by atoms with Crippen molar-refractivity contribution in [3.05, 3.63) is 11.7 Å². The molecule has 0 aromatic carbocycles. The molecule has 68 valence electrons. The zero-order valence-electron chi connectivity index (χ0n) is 8.22. The molecule has 0 unspecified atom stereocenters. The van der Waals surface area contributed by atoms with Gasteiger partial charge >= 0.3 is 0 Å². The van der Waals surface area contributed by atoms with Crippen molar-refractivity contribution in [3.8, 4) is 0 Å². The minimum Gasteiger partial charge on any atom is -0.339 e. The molecule has 1 rings (SSSR count). The largest absolute Gasteiger partial charge is 0.339 e. The standard InChI is InChI=1S/C9H16N2O/c1-5-8-10-7(11-12-8)6-9(2,3)4/h5-6H2,1-4H3. The molecule has 3 heteroatoms. The second-order valence-electron chi connectivity index (χ2n) is 4.20. The lowest BCUT2D eigenvalue weighted by atomic mass is 9.92. The fourth-order valence-electron chi connectivity index (χ4n) is 0.980. The molecule has 0 N–H and O–H groups in total. The molecule has 0 amide bonds. The zero-order valence-corrected chi connectivity index (χ0v) is 8.22. The highest BCUT2D eigenvalue weighted by molar-refractivity contribution is 4.89. The summed E-state index contributed by atoms with van der Waals surface area (Å²) in [6, 6.07) is 0. The number of rotatable bonds is 2. The first kappa shape index (κ1) is 9.23. The van der Waals surface area contributed by atoms with Gasteiger partial charge in [0.15, 0.2) is 5.82 Å². The Labute approximate surface area is 73.2 Å². The minimum absolute atomic E-state index is 0.231. The average molecular weight is 168 g/mol. The molecule has 0 aliphatic carbocycles. The lowest BCUT2D eigenvalue weighted by Gasteiger charge is -2.14. The molecule has 1 aromatic rings. The Bertz CT molecular complexity index is 247. The van der Waals surface area contributed by atoms with Crippen LogP contribution in [0.4, 0.5) is 0 Å².